The van der Waals surface area contributed by atoms with E-state index in [0.29, 0.717) is 5.96 Å². The summed E-state index contributed by atoms with van der Waals surface area (Å²) in [5, 5.41) is 3.09. The summed E-state index contributed by atoms with van der Waals surface area (Å²) in [6.45, 7) is 6.66. The van der Waals surface area contributed by atoms with Crippen molar-refractivity contribution in [1.29, 1.82) is 0 Å². The fourth-order valence-corrected chi connectivity index (χ4v) is 2.67. The molecular weight excluding hydrogens is 403 g/mol. The minimum absolute atomic E-state index is 0. The zero-order chi connectivity index (χ0) is 15.8. The van der Waals surface area contributed by atoms with Gasteiger partial charge in [0.1, 0.15) is 5.75 Å². The molecule has 0 aromatic heterocycles. The summed E-state index contributed by atoms with van der Waals surface area (Å²) in [5.74, 6) is 2.15. The van der Waals surface area contributed by atoms with Crippen LogP contribution in [0.5, 0.6) is 5.75 Å². The van der Waals surface area contributed by atoms with Gasteiger partial charge in [0.05, 0.1) is 7.11 Å². The topological polar surface area (TPSA) is 62.9 Å². The number of likely N-dealkylation sites (tertiary alicyclic amines) is 1. The van der Waals surface area contributed by atoms with Gasteiger partial charge in [-0.05, 0) is 56.9 Å². The summed E-state index contributed by atoms with van der Waals surface area (Å²) < 4.78 is 5.18. The standard InChI is InChI=1S/C17H28N4O.HI/c1-14-7-11-21(12-8-14)10-4-9-19-17(18)20-15-5-3-6-16(13-15)22-2;/h3,5-6,13-14H,4,7-12H2,1-2H3,(H3,18,19,20);1H. The lowest BCUT2D eigenvalue weighted by Gasteiger charge is -2.29. The molecule has 0 unspecified atom stereocenters. The second kappa shape index (κ2) is 10.7. The molecule has 1 aliphatic rings. The quantitative estimate of drug-likeness (QED) is 0.314. The summed E-state index contributed by atoms with van der Waals surface area (Å²) in [7, 11) is 1.65. The predicted octanol–water partition coefficient (Wildman–Crippen LogP) is 3.16. The second-order valence-corrected chi connectivity index (χ2v) is 6.00. The molecular formula is C17H29IN4O. The Morgan fingerprint density at radius 2 is 2.13 bits per heavy atom. The number of rotatable bonds is 6. The van der Waals surface area contributed by atoms with E-state index in [2.05, 4.69) is 22.1 Å². The lowest BCUT2D eigenvalue weighted by atomic mass is 9.99. The fourth-order valence-electron chi connectivity index (χ4n) is 2.67. The predicted molar refractivity (Wildman–Crippen MR) is 108 cm³/mol. The molecule has 1 heterocycles. The van der Waals surface area contributed by atoms with Crippen LogP contribution in [0.15, 0.2) is 29.3 Å². The lowest BCUT2D eigenvalue weighted by Crippen LogP contribution is -2.34. The first-order chi connectivity index (χ1) is 10.7. The van der Waals surface area contributed by atoms with Gasteiger partial charge in [-0.1, -0.05) is 13.0 Å². The van der Waals surface area contributed by atoms with Crippen molar-refractivity contribution < 1.29 is 4.74 Å². The summed E-state index contributed by atoms with van der Waals surface area (Å²) in [4.78, 5) is 6.92. The van der Waals surface area contributed by atoms with Gasteiger partial charge in [-0.15, -0.1) is 24.0 Å². The molecule has 5 nitrogen and oxygen atoms in total. The van der Waals surface area contributed by atoms with Gasteiger partial charge in [0.25, 0.3) is 0 Å². The van der Waals surface area contributed by atoms with Gasteiger partial charge in [-0.25, -0.2) is 0 Å². The van der Waals surface area contributed by atoms with Gasteiger partial charge < -0.3 is 20.7 Å². The highest BCUT2D eigenvalue weighted by molar-refractivity contribution is 14.0. The Labute approximate surface area is 156 Å². The van der Waals surface area contributed by atoms with Crippen LogP contribution in [0.25, 0.3) is 0 Å². The van der Waals surface area contributed by atoms with E-state index < -0.39 is 0 Å². The van der Waals surface area contributed by atoms with Crippen LogP contribution < -0.4 is 15.8 Å². The van der Waals surface area contributed by atoms with Crippen molar-refractivity contribution in [3.63, 3.8) is 0 Å². The van der Waals surface area contributed by atoms with Crippen molar-refractivity contribution in [2.75, 3.05) is 38.6 Å². The van der Waals surface area contributed by atoms with Gasteiger partial charge in [0.15, 0.2) is 5.96 Å². The van der Waals surface area contributed by atoms with Crippen LogP contribution in [0.4, 0.5) is 5.69 Å². The van der Waals surface area contributed by atoms with Gasteiger partial charge in [-0.2, -0.15) is 0 Å². The first kappa shape index (κ1) is 20.0. The van der Waals surface area contributed by atoms with E-state index in [1.165, 1.54) is 25.9 Å². The van der Waals surface area contributed by atoms with Crippen LogP contribution in [0.1, 0.15) is 26.2 Å². The molecule has 3 N–H and O–H groups in total. The Morgan fingerprint density at radius 3 is 2.83 bits per heavy atom. The summed E-state index contributed by atoms with van der Waals surface area (Å²) in [6, 6.07) is 7.67. The molecule has 0 spiro atoms. The number of halogens is 1. The first-order valence-electron chi connectivity index (χ1n) is 8.10. The molecule has 0 amide bonds. The number of guanidine groups is 1. The number of methoxy groups -OCH3 is 1. The monoisotopic (exact) mass is 432 g/mol. The average Bonchev–Trinajstić information content (AvgIpc) is 2.53. The van der Waals surface area contributed by atoms with Crippen molar-refractivity contribution in [2.24, 2.45) is 16.6 Å². The van der Waals surface area contributed by atoms with Crippen LogP contribution in [-0.2, 0) is 0 Å². The molecule has 0 radical (unpaired) electrons. The van der Waals surface area contributed by atoms with Gasteiger partial charge in [-0.3, -0.25) is 4.99 Å². The summed E-state index contributed by atoms with van der Waals surface area (Å²) in [5.41, 5.74) is 6.81. The van der Waals surface area contributed by atoms with Crippen LogP contribution in [0, 0.1) is 5.92 Å². The highest BCUT2D eigenvalue weighted by Crippen LogP contribution is 2.17. The number of benzene rings is 1. The largest absolute Gasteiger partial charge is 0.497 e. The van der Waals surface area contributed by atoms with Gasteiger partial charge >= 0.3 is 0 Å². The second-order valence-electron chi connectivity index (χ2n) is 6.00. The molecule has 23 heavy (non-hydrogen) atoms. The number of nitrogens with one attached hydrogen (secondary N) is 1. The van der Waals surface area contributed by atoms with E-state index in [4.69, 9.17) is 10.5 Å². The zero-order valence-electron chi connectivity index (χ0n) is 14.1. The normalized spacial score (nSPS) is 16.7. The number of piperidine rings is 1. The molecule has 130 valence electrons. The Morgan fingerprint density at radius 1 is 1.39 bits per heavy atom. The zero-order valence-corrected chi connectivity index (χ0v) is 16.5. The molecule has 0 saturated carbocycles. The van der Waals surface area contributed by atoms with Crippen molar-refractivity contribution >= 4 is 35.6 Å². The Hall–Kier alpha value is -1.02. The number of aliphatic imine (C=N–C) groups is 1. The van der Waals surface area contributed by atoms with Gasteiger partial charge in [0.2, 0.25) is 0 Å². The van der Waals surface area contributed by atoms with Crippen LogP contribution in [0.3, 0.4) is 0 Å². The van der Waals surface area contributed by atoms with E-state index in [9.17, 15) is 0 Å². The average molecular weight is 432 g/mol. The highest BCUT2D eigenvalue weighted by Gasteiger charge is 2.14. The Balaban J connectivity index is 0.00000264. The van der Waals surface area contributed by atoms with Crippen LogP contribution in [-0.4, -0.2) is 44.1 Å². The van der Waals surface area contributed by atoms with E-state index in [0.717, 1.165) is 36.9 Å². The maximum absolute atomic E-state index is 5.92. The van der Waals surface area contributed by atoms with Gasteiger partial charge in [0, 0.05) is 18.3 Å². The summed E-state index contributed by atoms with van der Waals surface area (Å²) in [6.07, 6.45) is 3.69. The number of ether oxygens (including phenoxy) is 1. The third-order valence-electron chi connectivity index (χ3n) is 4.13. The van der Waals surface area contributed by atoms with Crippen molar-refractivity contribution in [3.05, 3.63) is 24.3 Å². The number of anilines is 1. The smallest absolute Gasteiger partial charge is 0.193 e. The van der Waals surface area contributed by atoms with Crippen molar-refractivity contribution in [2.45, 2.75) is 26.2 Å². The number of hydrogen-bond donors (Lipinski definition) is 2. The van der Waals surface area contributed by atoms with E-state index >= 15 is 0 Å². The highest BCUT2D eigenvalue weighted by atomic mass is 127. The maximum atomic E-state index is 5.92. The van der Waals surface area contributed by atoms with Crippen molar-refractivity contribution in [1.82, 2.24) is 4.90 Å². The Bertz CT molecular complexity index is 487. The number of nitrogens with zero attached hydrogens (tertiary/aromatic N) is 2. The van der Waals surface area contributed by atoms with E-state index in [1.807, 2.05) is 24.3 Å². The molecule has 0 aliphatic carbocycles. The molecule has 0 bridgehead atoms. The third kappa shape index (κ3) is 7.39. The van der Waals surface area contributed by atoms with Crippen LogP contribution >= 0.6 is 24.0 Å². The molecule has 1 saturated heterocycles. The van der Waals surface area contributed by atoms with E-state index in [1.54, 1.807) is 7.11 Å². The van der Waals surface area contributed by atoms with Crippen molar-refractivity contribution in [3.8, 4) is 5.75 Å². The minimum Gasteiger partial charge on any atom is -0.497 e. The fraction of sp³-hybridized carbons (Fsp3) is 0.588. The number of hydrogen-bond acceptors (Lipinski definition) is 3. The molecule has 1 fully saturated rings. The first-order valence-corrected chi connectivity index (χ1v) is 8.10. The molecule has 6 heteroatoms. The SMILES string of the molecule is COc1cccc(NC(N)=NCCCN2CCC(C)CC2)c1.I. The van der Waals surface area contributed by atoms with Crippen LogP contribution in [0.2, 0.25) is 0 Å². The molecule has 0 atom stereocenters. The molecule has 1 aliphatic heterocycles. The lowest BCUT2D eigenvalue weighted by molar-refractivity contribution is 0.192. The summed E-state index contributed by atoms with van der Waals surface area (Å²) >= 11 is 0. The molecule has 1 aromatic carbocycles. The molecule has 2 rings (SSSR count). The Kier molecular flexibility index (Phi) is 9.31. The minimum atomic E-state index is 0. The number of nitrogens with two attached hydrogens (primary N) is 1. The molecule has 1 aromatic rings. The third-order valence-corrected chi connectivity index (χ3v) is 4.13. The maximum Gasteiger partial charge on any atom is 0.193 e. The van der Waals surface area contributed by atoms with E-state index in [-0.39, 0.29) is 24.0 Å².